The average Bonchev–Trinajstić information content (AvgIpc) is 3.23. The summed E-state index contributed by atoms with van der Waals surface area (Å²) in [5, 5.41) is 22.7. The lowest BCUT2D eigenvalue weighted by molar-refractivity contribution is -0.384. The largest absolute Gasteiger partial charge is 0.494 e. The number of rotatable bonds is 11. The van der Waals surface area contributed by atoms with Crippen LogP contribution >= 0.6 is 0 Å². The smallest absolute Gasteiger partial charge is 0.270 e. The summed E-state index contributed by atoms with van der Waals surface area (Å²) < 4.78 is 27.4. The molecule has 0 saturated heterocycles. The molecule has 4 aromatic rings. The second-order valence-electron chi connectivity index (χ2n) is 9.37. The third-order valence-corrected chi connectivity index (χ3v) is 8.17. The maximum absolute atomic E-state index is 13.0. The molecule has 3 aromatic carbocycles. The molecule has 10 nitrogen and oxygen atoms in total. The van der Waals surface area contributed by atoms with Gasteiger partial charge in [-0.1, -0.05) is 37.3 Å². The number of nitro benzene ring substituents is 1. The van der Waals surface area contributed by atoms with Crippen LogP contribution in [0.4, 0.5) is 17.1 Å². The second-order valence-corrected chi connectivity index (χ2v) is 11.4. The first-order chi connectivity index (χ1) is 18.6. The van der Waals surface area contributed by atoms with Crippen molar-refractivity contribution in [3.63, 3.8) is 0 Å². The Balaban J connectivity index is 1.81. The summed E-state index contributed by atoms with van der Waals surface area (Å²) in [7, 11) is 0.284. The molecule has 0 amide bonds. The van der Waals surface area contributed by atoms with Gasteiger partial charge in [0, 0.05) is 41.7 Å². The number of aromatic amines is 1. The van der Waals surface area contributed by atoms with E-state index in [-0.39, 0.29) is 17.3 Å². The van der Waals surface area contributed by atoms with E-state index in [1.165, 1.54) is 16.4 Å². The van der Waals surface area contributed by atoms with E-state index in [1.807, 2.05) is 56.3 Å². The van der Waals surface area contributed by atoms with E-state index in [0.29, 0.717) is 58.6 Å². The van der Waals surface area contributed by atoms with Gasteiger partial charge in [-0.3, -0.25) is 14.4 Å². The molecule has 1 aromatic heterocycles. The topological polar surface area (TPSA) is 132 Å². The summed E-state index contributed by atoms with van der Waals surface area (Å²) in [6.45, 7) is 2.71. The summed E-state index contributed by atoms with van der Waals surface area (Å²) in [6.07, 6.45) is 0.510. The fourth-order valence-corrected chi connectivity index (χ4v) is 5.83. The zero-order valence-corrected chi connectivity index (χ0v) is 22.9. The quantitative estimate of drug-likeness (QED) is 0.153. The van der Waals surface area contributed by atoms with E-state index < -0.39 is 14.9 Å². The number of benzene rings is 3. The first-order valence-electron chi connectivity index (χ1n) is 12.5. The van der Waals surface area contributed by atoms with Crippen LogP contribution in [-0.2, 0) is 10.0 Å². The molecule has 4 rings (SSSR count). The van der Waals surface area contributed by atoms with Gasteiger partial charge in [0.2, 0.25) is 10.0 Å². The zero-order chi connectivity index (χ0) is 28.2. The Kier molecular flexibility index (Phi) is 8.32. The highest BCUT2D eigenvalue weighted by molar-refractivity contribution is 7.92. The first-order valence-corrected chi connectivity index (χ1v) is 14.1. The number of aromatic hydroxyl groups is 1. The van der Waals surface area contributed by atoms with E-state index in [0.717, 1.165) is 0 Å². The van der Waals surface area contributed by atoms with Gasteiger partial charge in [0.05, 0.1) is 33.3 Å². The van der Waals surface area contributed by atoms with Gasteiger partial charge < -0.3 is 15.0 Å². The Bertz CT molecular complexity index is 1600. The van der Waals surface area contributed by atoms with Gasteiger partial charge in [0.25, 0.3) is 5.69 Å². The third kappa shape index (κ3) is 6.27. The normalized spacial score (nSPS) is 12.3. The Labute approximate surface area is 227 Å². The van der Waals surface area contributed by atoms with Crippen molar-refractivity contribution in [3.8, 4) is 5.88 Å². The lowest BCUT2D eigenvalue weighted by Gasteiger charge is -2.26. The number of nitrogens with one attached hydrogen (secondary N) is 1. The lowest BCUT2D eigenvalue weighted by atomic mass is 10.0. The van der Waals surface area contributed by atoms with Crippen LogP contribution in [0.15, 0.2) is 77.8 Å². The van der Waals surface area contributed by atoms with Crippen LogP contribution in [0.5, 0.6) is 5.88 Å². The highest BCUT2D eigenvalue weighted by Crippen LogP contribution is 2.34. The van der Waals surface area contributed by atoms with Crippen molar-refractivity contribution in [2.45, 2.75) is 13.3 Å². The number of aliphatic imine (C=N–C) groups is 1. The van der Waals surface area contributed by atoms with Gasteiger partial charge in [-0.25, -0.2) is 13.4 Å². The minimum Gasteiger partial charge on any atom is -0.494 e. The third-order valence-electron chi connectivity index (χ3n) is 6.18. The molecule has 0 unspecified atom stereocenters. The summed E-state index contributed by atoms with van der Waals surface area (Å²) in [6, 6.07) is 20.4. The maximum Gasteiger partial charge on any atom is 0.270 e. The molecule has 0 aliphatic carbocycles. The van der Waals surface area contributed by atoms with Crippen molar-refractivity contribution in [2.24, 2.45) is 4.99 Å². The predicted octanol–water partition coefficient (Wildman–Crippen LogP) is 5.06. The van der Waals surface area contributed by atoms with Gasteiger partial charge in [-0.15, -0.1) is 0 Å². The number of nitro groups is 1. The average molecular weight is 550 g/mol. The van der Waals surface area contributed by atoms with E-state index in [9.17, 15) is 23.6 Å². The molecule has 39 heavy (non-hydrogen) atoms. The molecule has 0 fully saturated rings. The molecule has 2 N–H and O–H groups in total. The molecule has 0 atom stereocenters. The molecule has 1 heterocycles. The number of H-pyrrole nitrogens is 1. The van der Waals surface area contributed by atoms with Crippen molar-refractivity contribution in [3.05, 3.63) is 94.0 Å². The summed E-state index contributed by atoms with van der Waals surface area (Å²) in [5.41, 5.74) is 2.93. The summed E-state index contributed by atoms with van der Waals surface area (Å²) in [4.78, 5) is 20.6. The number of nitrogens with zero attached hydrogens (tertiary/aromatic N) is 4. The number of sulfonamides is 1. The van der Waals surface area contributed by atoms with Crippen molar-refractivity contribution in [2.75, 3.05) is 37.2 Å². The number of fused-ring (bicyclic) bond motifs is 1. The summed E-state index contributed by atoms with van der Waals surface area (Å²) >= 11 is 0. The van der Waals surface area contributed by atoms with Crippen LogP contribution in [0, 0.1) is 10.1 Å². The minimum atomic E-state index is -3.50. The van der Waals surface area contributed by atoms with E-state index in [2.05, 4.69) is 4.98 Å². The predicted molar refractivity (Wildman–Crippen MR) is 155 cm³/mol. The highest BCUT2D eigenvalue weighted by Gasteiger charge is 2.23. The molecular weight excluding hydrogens is 518 g/mol. The monoisotopic (exact) mass is 549 g/mol. The Morgan fingerprint density at radius 2 is 1.72 bits per heavy atom. The highest BCUT2D eigenvalue weighted by atomic mass is 32.2. The van der Waals surface area contributed by atoms with Crippen molar-refractivity contribution >= 4 is 43.7 Å². The number of likely N-dealkylation sites (N-methyl/N-ethyl adjacent to an activating group) is 1. The molecule has 0 bridgehead atoms. The van der Waals surface area contributed by atoms with E-state index >= 15 is 0 Å². The minimum absolute atomic E-state index is 0.0461. The van der Waals surface area contributed by atoms with Crippen molar-refractivity contribution in [1.82, 2.24) is 9.88 Å². The van der Waals surface area contributed by atoms with Crippen LogP contribution in [0.1, 0.15) is 24.5 Å². The van der Waals surface area contributed by atoms with Gasteiger partial charge in [-0.2, -0.15) is 0 Å². The van der Waals surface area contributed by atoms with Gasteiger partial charge >= 0.3 is 0 Å². The number of aromatic nitrogens is 1. The van der Waals surface area contributed by atoms with Gasteiger partial charge in [0.15, 0.2) is 5.88 Å². The Morgan fingerprint density at radius 1 is 1.03 bits per heavy atom. The number of hydrogen-bond acceptors (Lipinski definition) is 7. The molecule has 204 valence electrons. The van der Waals surface area contributed by atoms with Crippen LogP contribution < -0.4 is 4.31 Å². The number of non-ortho nitro benzene ring substituents is 1. The molecule has 0 spiro atoms. The Hall–Kier alpha value is -4.22. The standard InChI is InChI=1S/C28H31N5O5S/c1-4-18-39(37,38)32(17-16-31(2)3)22-12-10-21(11-13-22)29-27(20-8-6-5-7-9-20)26-24-19-23(33(35)36)14-15-25(24)30-28(26)34/h5-15,19,30,34H,4,16-18H2,1-3H3. The van der Waals surface area contributed by atoms with Crippen molar-refractivity contribution < 1.29 is 18.4 Å². The van der Waals surface area contributed by atoms with Gasteiger partial charge in [-0.05, 0) is 50.8 Å². The van der Waals surface area contributed by atoms with Gasteiger partial charge in [0.1, 0.15) is 0 Å². The zero-order valence-electron chi connectivity index (χ0n) is 22.0. The molecule has 0 aliphatic rings. The maximum atomic E-state index is 13.0. The Morgan fingerprint density at radius 3 is 2.33 bits per heavy atom. The molecule has 0 radical (unpaired) electrons. The molecular formula is C28H31N5O5S. The van der Waals surface area contributed by atoms with Crippen LogP contribution in [0.25, 0.3) is 10.9 Å². The SMILES string of the molecule is CCCS(=O)(=O)N(CCN(C)C)c1ccc(N=C(c2ccccc2)c2c(O)[nH]c3ccc([N+](=O)[O-])cc23)cc1. The van der Waals surface area contributed by atoms with Crippen LogP contribution in [0.2, 0.25) is 0 Å². The molecule has 0 aliphatic heterocycles. The second kappa shape index (κ2) is 11.7. The number of anilines is 1. The van der Waals surface area contributed by atoms with E-state index in [1.54, 1.807) is 30.3 Å². The molecule has 11 heteroatoms. The lowest BCUT2D eigenvalue weighted by Crippen LogP contribution is -2.38. The van der Waals surface area contributed by atoms with Crippen LogP contribution in [-0.4, -0.2) is 67.0 Å². The number of hydrogen-bond donors (Lipinski definition) is 2. The molecule has 0 saturated carbocycles. The first kappa shape index (κ1) is 27.8. The van der Waals surface area contributed by atoms with Crippen LogP contribution in [0.3, 0.4) is 0 Å². The summed E-state index contributed by atoms with van der Waals surface area (Å²) in [5.74, 6) is -0.116. The van der Waals surface area contributed by atoms with Crippen molar-refractivity contribution in [1.29, 1.82) is 0 Å². The fourth-order valence-electron chi connectivity index (χ4n) is 4.29. The fraction of sp³-hybridized carbons (Fsp3) is 0.250. The van der Waals surface area contributed by atoms with E-state index in [4.69, 9.17) is 4.99 Å².